The van der Waals surface area contributed by atoms with E-state index >= 15 is 0 Å². The van der Waals surface area contributed by atoms with Gasteiger partial charge in [0.25, 0.3) is 5.91 Å². The molecule has 18 heteroatoms. The first-order chi connectivity index (χ1) is 29.3. The molecule has 9 rings (SSSR count). The van der Waals surface area contributed by atoms with E-state index < -0.39 is 18.0 Å². The topological polar surface area (TPSA) is 196 Å². The number of anilines is 3. The lowest BCUT2D eigenvalue weighted by molar-refractivity contribution is -0.136. The number of pyridine rings is 1. The second kappa shape index (κ2) is 17.3. The minimum atomic E-state index is -0.606. The fourth-order valence-electron chi connectivity index (χ4n) is 8.94. The Hall–Kier alpha value is -5.94. The van der Waals surface area contributed by atoms with E-state index in [1.54, 1.807) is 23.4 Å². The molecule has 3 N–H and O–H groups in total. The number of fused-ring (bicyclic) bond motifs is 2. The fraction of sp³-hybridized carbons (Fsp3) is 0.452. The molecule has 7 heterocycles. The first-order valence-electron chi connectivity index (χ1n) is 20.9. The molecular formula is C42H47ClN12O5. The summed E-state index contributed by atoms with van der Waals surface area (Å²) in [5, 5.41) is 17.0. The Morgan fingerprint density at radius 2 is 1.77 bits per heavy atom. The number of urea groups is 1. The Morgan fingerprint density at radius 3 is 2.58 bits per heavy atom. The molecule has 0 radical (unpaired) electrons. The van der Waals surface area contributed by atoms with E-state index in [-0.39, 0.29) is 23.3 Å². The largest absolute Gasteiger partial charge is 0.369 e. The number of piperazine rings is 1. The summed E-state index contributed by atoms with van der Waals surface area (Å²) in [5.41, 5.74) is 5.78. The zero-order chi connectivity index (χ0) is 41.2. The number of unbranched alkanes of at least 4 members (excludes halogenated alkanes) is 3. The average molecular weight is 835 g/mol. The van der Waals surface area contributed by atoms with Crippen LogP contribution in [0.1, 0.15) is 97.6 Å². The number of carbonyl (C=O) groups excluding carboxylic acids is 4. The smallest absolute Gasteiger partial charge is 0.323 e. The van der Waals surface area contributed by atoms with Gasteiger partial charge in [-0.3, -0.25) is 24.6 Å². The second-order valence-electron chi connectivity index (χ2n) is 16.0. The Labute approximate surface area is 351 Å². The first kappa shape index (κ1) is 39.5. The molecule has 4 aromatic heterocycles. The Balaban J connectivity index is 0.689. The van der Waals surface area contributed by atoms with Gasteiger partial charge in [-0.1, -0.05) is 42.4 Å². The lowest BCUT2D eigenvalue weighted by Crippen LogP contribution is -2.52. The van der Waals surface area contributed by atoms with Crippen molar-refractivity contribution >= 4 is 58.1 Å². The summed E-state index contributed by atoms with van der Waals surface area (Å²) in [7, 11) is 0. The summed E-state index contributed by atoms with van der Waals surface area (Å²) < 4.78 is 7.34. The van der Waals surface area contributed by atoms with E-state index in [0.29, 0.717) is 59.7 Å². The summed E-state index contributed by atoms with van der Waals surface area (Å²) >= 11 is 6.59. The third-order valence-corrected chi connectivity index (χ3v) is 12.4. The summed E-state index contributed by atoms with van der Waals surface area (Å²) in [6.45, 7) is 5.15. The van der Waals surface area contributed by atoms with Gasteiger partial charge in [0.2, 0.25) is 23.5 Å². The molecule has 0 bridgehead atoms. The third kappa shape index (κ3) is 8.41. The van der Waals surface area contributed by atoms with Crippen LogP contribution in [0.15, 0.2) is 53.4 Å². The highest BCUT2D eigenvalue weighted by atomic mass is 35.5. The molecule has 4 aliphatic rings. The van der Waals surface area contributed by atoms with E-state index in [1.807, 2.05) is 22.7 Å². The van der Waals surface area contributed by atoms with Gasteiger partial charge in [0.15, 0.2) is 5.65 Å². The van der Waals surface area contributed by atoms with Crippen LogP contribution in [0.4, 0.5) is 21.9 Å². The highest BCUT2D eigenvalue weighted by molar-refractivity contribution is 6.33. The molecule has 5 aromatic rings. The average Bonchev–Trinajstić information content (AvgIpc) is 4.08. The molecule has 1 saturated carbocycles. The van der Waals surface area contributed by atoms with Crippen LogP contribution in [-0.2, 0) is 22.6 Å². The van der Waals surface area contributed by atoms with Crippen molar-refractivity contribution in [1.29, 1.82) is 0 Å². The van der Waals surface area contributed by atoms with Gasteiger partial charge < -0.3 is 25.0 Å². The number of hydrogen-bond acceptors (Lipinski definition) is 12. The normalized spacial score (nSPS) is 18.7. The van der Waals surface area contributed by atoms with Crippen LogP contribution in [0.5, 0.6) is 0 Å². The van der Waals surface area contributed by atoms with E-state index in [4.69, 9.17) is 16.1 Å². The van der Waals surface area contributed by atoms with Crippen molar-refractivity contribution < 1.29 is 23.7 Å². The SMILES string of the molecule is O=C1CCC(N2Cc3cc(N4CCN(CCCCCCc5nc(-c6ncc(NC(=O)Nc7cnc8ccnn8c7C7CCCC7)cc6Cl)no5)CC4)ccc3C2=O)C(=O)N1. The number of benzene rings is 1. The zero-order valence-corrected chi connectivity index (χ0v) is 34.0. The summed E-state index contributed by atoms with van der Waals surface area (Å²) in [5.74, 6) is 0.303. The van der Waals surface area contributed by atoms with Crippen molar-refractivity contribution in [2.75, 3.05) is 48.3 Å². The van der Waals surface area contributed by atoms with Gasteiger partial charge in [-0.05, 0) is 68.5 Å². The number of hydrogen-bond donors (Lipinski definition) is 3. The molecule has 1 aromatic carbocycles. The highest BCUT2D eigenvalue weighted by Crippen LogP contribution is 2.38. The number of amides is 5. The Kier molecular flexibility index (Phi) is 11.4. The van der Waals surface area contributed by atoms with Gasteiger partial charge in [-0.15, -0.1) is 0 Å². The molecule has 3 aliphatic heterocycles. The van der Waals surface area contributed by atoms with E-state index in [2.05, 4.69) is 57.0 Å². The Morgan fingerprint density at radius 1 is 0.933 bits per heavy atom. The molecule has 1 unspecified atom stereocenters. The molecule has 1 atom stereocenters. The van der Waals surface area contributed by atoms with Crippen LogP contribution in [0.25, 0.3) is 17.2 Å². The summed E-state index contributed by atoms with van der Waals surface area (Å²) in [6.07, 6.45) is 14.7. The number of nitrogens with zero attached hydrogens (tertiary/aromatic N) is 9. The number of piperidine rings is 1. The number of imide groups is 1. The predicted molar refractivity (Wildman–Crippen MR) is 223 cm³/mol. The van der Waals surface area contributed by atoms with Crippen LogP contribution in [-0.4, -0.2) is 102 Å². The molecule has 60 heavy (non-hydrogen) atoms. The Bertz CT molecular complexity index is 2420. The van der Waals surface area contributed by atoms with Crippen molar-refractivity contribution in [3.63, 3.8) is 0 Å². The van der Waals surface area contributed by atoms with Crippen molar-refractivity contribution in [1.82, 2.24) is 44.8 Å². The maximum Gasteiger partial charge on any atom is 0.323 e. The molecule has 5 amide bonds. The van der Waals surface area contributed by atoms with E-state index in [9.17, 15) is 19.2 Å². The number of aryl methyl sites for hydroxylation is 1. The van der Waals surface area contributed by atoms with E-state index in [0.717, 1.165) is 107 Å². The quantitative estimate of drug-likeness (QED) is 0.0952. The monoisotopic (exact) mass is 834 g/mol. The standard InChI is InChI=1S/C42H47ClN12O5/c43-31-22-28(47-42(59)48-32-24-44-34-14-15-46-55(34)38(32)26-7-4-5-8-26)23-45-37(31)39-50-36(60-51-39)9-3-1-2-6-16-52-17-19-53(20-18-52)29-10-11-30-27(21-29)25-54(41(30)58)33-12-13-35(56)49-40(33)57/h10-11,14-15,21-24,26,33H,1-9,12-13,16-20,25H2,(H2,47,48,59)(H,49,56,57). The number of carbonyl (C=O) groups is 4. The number of halogens is 1. The van der Waals surface area contributed by atoms with Gasteiger partial charge in [-0.2, -0.15) is 10.1 Å². The molecule has 2 saturated heterocycles. The number of nitrogens with one attached hydrogen (secondary N) is 3. The van der Waals surface area contributed by atoms with Crippen LogP contribution in [0, 0.1) is 0 Å². The van der Waals surface area contributed by atoms with Crippen molar-refractivity contribution in [3.05, 3.63) is 76.7 Å². The fourth-order valence-corrected chi connectivity index (χ4v) is 9.19. The van der Waals surface area contributed by atoms with E-state index in [1.165, 1.54) is 6.20 Å². The molecule has 0 spiro atoms. The highest BCUT2D eigenvalue weighted by Gasteiger charge is 2.39. The predicted octanol–water partition coefficient (Wildman–Crippen LogP) is 5.82. The summed E-state index contributed by atoms with van der Waals surface area (Å²) in [4.78, 5) is 70.0. The van der Waals surface area contributed by atoms with Crippen LogP contribution < -0.4 is 20.9 Å². The van der Waals surface area contributed by atoms with Gasteiger partial charge in [0, 0.05) is 68.8 Å². The van der Waals surface area contributed by atoms with Crippen LogP contribution in [0.3, 0.4) is 0 Å². The van der Waals surface area contributed by atoms with Crippen LogP contribution >= 0.6 is 11.6 Å². The molecule has 3 fully saturated rings. The first-order valence-corrected chi connectivity index (χ1v) is 21.3. The minimum absolute atomic E-state index is 0.147. The van der Waals surface area contributed by atoms with Gasteiger partial charge in [0.1, 0.15) is 11.7 Å². The number of rotatable bonds is 13. The lowest BCUT2D eigenvalue weighted by Gasteiger charge is -2.36. The summed E-state index contributed by atoms with van der Waals surface area (Å²) in [6, 6.07) is 8.38. The molecule has 312 valence electrons. The van der Waals surface area contributed by atoms with Gasteiger partial charge in [-0.25, -0.2) is 19.3 Å². The lowest BCUT2D eigenvalue weighted by atomic mass is 10.0. The second-order valence-corrected chi connectivity index (χ2v) is 16.4. The van der Waals surface area contributed by atoms with Gasteiger partial charge >= 0.3 is 6.03 Å². The van der Waals surface area contributed by atoms with Crippen molar-refractivity contribution in [2.24, 2.45) is 0 Å². The maximum absolute atomic E-state index is 13.1. The zero-order valence-electron chi connectivity index (χ0n) is 33.2. The molecular weight excluding hydrogens is 788 g/mol. The van der Waals surface area contributed by atoms with Gasteiger partial charge in [0.05, 0.1) is 40.7 Å². The maximum atomic E-state index is 13.1. The third-order valence-electron chi connectivity index (χ3n) is 12.1. The van der Waals surface area contributed by atoms with Crippen molar-refractivity contribution in [3.8, 4) is 11.5 Å². The van der Waals surface area contributed by atoms with Crippen molar-refractivity contribution in [2.45, 2.75) is 89.1 Å². The van der Waals surface area contributed by atoms with Crippen LogP contribution in [0.2, 0.25) is 5.02 Å². The molecule has 1 aliphatic carbocycles. The molecule has 17 nitrogen and oxygen atoms in total. The number of aromatic nitrogens is 6. The minimum Gasteiger partial charge on any atom is -0.369 e.